The maximum atomic E-state index is 13.5. The fourth-order valence-electron chi connectivity index (χ4n) is 1.67. The first kappa shape index (κ1) is 10.5. The van der Waals surface area contributed by atoms with Crippen molar-refractivity contribution < 1.29 is 13.6 Å². The van der Waals surface area contributed by atoms with Crippen LogP contribution in [0.1, 0.15) is 11.6 Å². The van der Waals surface area contributed by atoms with Gasteiger partial charge in [0.2, 0.25) is 0 Å². The van der Waals surface area contributed by atoms with E-state index in [2.05, 4.69) is 5.32 Å². The lowest BCUT2D eigenvalue weighted by atomic mass is 10.1. The Morgan fingerprint density at radius 3 is 2.62 bits per heavy atom. The Kier molecular flexibility index (Phi) is 2.34. The Morgan fingerprint density at radius 2 is 2.12 bits per heavy atom. The van der Waals surface area contributed by atoms with Crippen molar-refractivity contribution in [3.63, 3.8) is 0 Å². The SMILES string of the molecule is CN1C(=O)NC(=N)C1c1ccc(F)cc1F. The molecule has 1 aromatic rings. The number of carbonyl (C=O) groups excluding carboxylic acids is 1. The van der Waals surface area contributed by atoms with Crippen LogP contribution in [0.3, 0.4) is 0 Å². The summed E-state index contributed by atoms with van der Waals surface area (Å²) < 4.78 is 26.2. The molecule has 1 aromatic carbocycles. The maximum Gasteiger partial charge on any atom is 0.323 e. The van der Waals surface area contributed by atoms with Crippen LogP contribution in [-0.4, -0.2) is 23.8 Å². The minimum absolute atomic E-state index is 0.104. The molecule has 2 N–H and O–H groups in total. The number of halogens is 2. The van der Waals surface area contributed by atoms with Crippen molar-refractivity contribution in [3.8, 4) is 0 Å². The van der Waals surface area contributed by atoms with Crippen LogP contribution in [0.2, 0.25) is 0 Å². The van der Waals surface area contributed by atoms with Gasteiger partial charge in [0.1, 0.15) is 23.5 Å². The molecule has 0 spiro atoms. The highest BCUT2D eigenvalue weighted by Gasteiger charge is 2.35. The third kappa shape index (κ3) is 1.52. The molecule has 1 unspecified atom stereocenters. The number of amides is 2. The lowest BCUT2D eigenvalue weighted by molar-refractivity contribution is 0.217. The van der Waals surface area contributed by atoms with Crippen LogP contribution < -0.4 is 5.32 Å². The first-order valence-corrected chi connectivity index (χ1v) is 4.58. The smallest absolute Gasteiger partial charge is 0.313 e. The van der Waals surface area contributed by atoms with Crippen LogP contribution in [0.5, 0.6) is 0 Å². The van der Waals surface area contributed by atoms with Gasteiger partial charge >= 0.3 is 6.03 Å². The minimum Gasteiger partial charge on any atom is -0.313 e. The standard InChI is InChI=1S/C10H9F2N3O/c1-15-8(9(13)14-10(15)16)6-3-2-5(11)4-7(6)12/h2-4,8H,1H3,(H2,13,14,16). The molecule has 1 fully saturated rings. The van der Waals surface area contributed by atoms with Gasteiger partial charge in [-0.25, -0.2) is 13.6 Å². The highest BCUT2D eigenvalue weighted by molar-refractivity contribution is 6.05. The number of carbonyl (C=O) groups is 1. The summed E-state index contributed by atoms with van der Waals surface area (Å²) in [6.45, 7) is 0. The Balaban J connectivity index is 2.44. The van der Waals surface area contributed by atoms with Crippen molar-refractivity contribution in [1.82, 2.24) is 10.2 Å². The number of nitrogens with zero attached hydrogens (tertiary/aromatic N) is 1. The predicted molar refractivity (Wildman–Crippen MR) is 53.1 cm³/mol. The van der Waals surface area contributed by atoms with Gasteiger partial charge in [-0.15, -0.1) is 0 Å². The van der Waals surface area contributed by atoms with Gasteiger partial charge in [0.05, 0.1) is 0 Å². The molecular weight excluding hydrogens is 216 g/mol. The summed E-state index contributed by atoms with van der Waals surface area (Å²) in [7, 11) is 1.45. The van der Waals surface area contributed by atoms with Crippen LogP contribution in [-0.2, 0) is 0 Å². The first-order valence-electron chi connectivity index (χ1n) is 4.58. The second kappa shape index (κ2) is 3.55. The molecule has 0 aromatic heterocycles. The predicted octanol–water partition coefficient (Wildman–Crippen LogP) is 1.64. The molecule has 84 valence electrons. The number of amidine groups is 1. The van der Waals surface area contributed by atoms with Crippen molar-refractivity contribution in [2.75, 3.05) is 7.05 Å². The number of hydrogen-bond donors (Lipinski definition) is 2. The summed E-state index contributed by atoms with van der Waals surface area (Å²) in [4.78, 5) is 12.4. The minimum atomic E-state index is -0.812. The number of likely N-dealkylation sites (N-methyl/N-ethyl adjacent to an activating group) is 1. The Hall–Kier alpha value is -1.98. The van der Waals surface area contributed by atoms with Crippen LogP contribution in [0, 0.1) is 17.0 Å². The van der Waals surface area contributed by atoms with Crippen molar-refractivity contribution in [2.24, 2.45) is 0 Å². The zero-order valence-corrected chi connectivity index (χ0v) is 8.42. The summed E-state index contributed by atoms with van der Waals surface area (Å²) in [6, 6.07) is 1.79. The van der Waals surface area contributed by atoms with E-state index in [-0.39, 0.29) is 11.4 Å². The highest BCUT2D eigenvalue weighted by Crippen LogP contribution is 2.26. The molecule has 0 bridgehead atoms. The zero-order chi connectivity index (χ0) is 11.9. The molecular formula is C10H9F2N3O. The number of urea groups is 1. The Bertz CT molecular complexity index is 475. The lowest BCUT2D eigenvalue weighted by Gasteiger charge is -2.18. The number of rotatable bonds is 1. The molecule has 16 heavy (non-hydrogen) atoms. The molecule has 1 atom stereocenters. The third-order valence-corrected chi connectivity index (χ3v) is 2.48. The average Bonchev–Trinajstić information content (AvgIpc) is 2.43. The van der Waals surface area contributed by atoms with Gasteiger partial charge in [-0.3, -0.25) is 10.7 Å². The summed E-state index contributed by atoms with van der Waals surface area (Å²) in [5.74, 6) is -1.57. The van der Waals surface area contributed by atoms with E-state index < -0.39 is 23.7 Å². The van der Waals surface area contributed by atoms with Crippen molar-refractivity contribution in [1.29, 1.82) is 5.41 Å². The molecule has 6 heteroatoms. The first-order chi connectivity index (χ1) is 7.50. The normalized spacial score (nSPS) is 20.2. The van der Waals surface area contributed by atoms with E-state index in [4.69, 9.17) is 5.41 Å². The van der Waals surface area contributed by atoms with E-state index in [9.17, 15) is 13.6 Å². The monoisotopic (exact) mass is 225 g/mol. The van der Waals surface area contributed by atoms with Crippen molar-refractivity contribution in [2.45, 2.75) is 6.04 Å². The maximum absolute atomic E-state index is 13.5. The summed E-state index contributed by atoms with van der Waals surface area (Å²) in [5.41, 5.74) is 0.104. The molecule has 4 nitrogen and oxygen atoms in total. The molecule has 0 aliphatic carbocycles. The number of nitrogens with one attached hydrogen (secondary N) is 2. The Morgan fingerprint density at radius 1 is 1.44 bits per heavy atom. The molecule has 0 radical (unpaired) electrons. The largest absolute Gasteiger partial charge is 0.323 e. The van der Waals surface area contributed by atoms with E-state index in [1.807, 2.05) is 0 Å². The molecule has 0 saturated carbocycles. The van der Waals surface area contributed by atoms with Gasteiger partial charge in [0.25, 0.3) is 0 Å². The molecule has 2 amide bonds. The summed E-state index contributed by atoms with van der Waals surface area (Å²) in [6.07, 6.45) is 0. The molecule has 1 aliphatic rings. The molecule has 1 aliphatic heterocycles. The zero-order valence-electron chi connectivity index (χ0n) is 8.42. The van der Waals surface area contributed by atoms with Gasteiger partial charge < -0.3 is 4.90 Å². The van der Waals surface area contributed by atoms with Crippen molar-refractivity contribution in [3.05, 3.63) is 35.4 Å². The van der Waals surface area contributed by atoms with Gasteiger partial charge in [-0.05, 0) is 6.07 Å². The van der Waals surface area contributed by atoms with E-state index in [1.54, 1.807) is 0 Å². The quantitative estimate of drug-likeness (QED) is 0.750. The van der Waals surface area contributed by atoms with Crippen LogP contribution >= 0.6 is 0 Å². The second-order valence-electron chi connectivity index (χ2n) is 3.52. The van der Waals surface area contributed by atoms with Gasteiger partial charge in [0, 0.05) is 18.7 Å². The van der Waals surface area contributed by atoms with Crippen molar-refractivity contribution >= 4 is 11.9 Å². The fourth-order valence-corrected chi connectivity index (χ4v) is 1.67. The van der Waals surface area contributed by atoms with E-state index in [0.717, 1.165) is 12.1 Å². The summed E-state index contributed by atoms with van der Waals surface area (Å²) >= 11 is 0. The second-order valence-corrected chi connectivity index (χ2v) is 3.52. The average molecular weight is 225 g/mol. The highest BCUT2D eigenvalue weighted by atomic mass is 19.1. The molecule has 2 rings (SSSR count). The lowest BCUT2D eigenvalue weighted by Crippen LogP contribution is -2.25. The summed E-state index contributed by atoms with van der Waals surface area (Å²) in [5, 5.41) is 9.79. The molecule has 1 heterocycles. The van der Waals surface area contributed by atoms with Crippen LogP contribution in [0.4, 0.5) is 13.6 Å². The fraction of sp³-hybridized carbons (Fsp3) is 0.200. The topological polar surface area (TPSA) is 56.2 Å². The van der Waals surface area contributed by atoms with Crippen LogP contribution in [0.25, 0.3) is 0 Å². The number of benzene rings is 1. The van der Waals surface area contributed by atoms with E-state index >= 15 is 0 Å². The van der Waals surface area contributed by atoms with Gasteiger partial charge in [0.15, 0.2) is 0 Å². The molecule has 1 saturated heterocycles. The third-order valence-electron chi connectivity index (χ3n) is 2.48. The van der Waals surface area contributed by atoms with E-state index in [1.165, 1.54) is 18.0 Å². The Labute approximate surface area is 90.4 Å². The van der Waals surface area contributed by atoms with Crippen LogP contribution in [0.15, 0.2) is 18.2 Å². The van der Waals surface area contributed by atoms with Gasteiger partial charge in [-0.2, -0.15) is 0 Å². The van der Waals surface area contributed by atoms with Gasteiger partial charge in [-0.1, -0.05) is 6.07 Å². The van der Waals surface area contributed by atoms with E-state index in [0.29, 0.717) is 0 Å². The number of hydrogen-bond acceptors (Lipinski definition) is 2.